The molecule has 1 unspecified atom stereocenters. The molecule has 14 heavy (non-hydrogen) atoms. The number of carbonyl (C=O) groups excluding carboxylic acids is 2. The van der Waals surface area contributed by atoms with Crippen molar-refractivity contribution < 1.29 is 19.1 Å². The van der Waals surface area contributed by atoms with E-state index >= 15 is 0 Å². The minimum absolute atomic E-state index is 0.226. The van der Waals surface area contributed by atoms with E-state index in [4.69, 9.17) is 0 Å². The smallest absolute Gasteiger partial charge is 0.308 e. The van der Waals surface area contributed by atoms with E-state index in [0.29, 0.717) is 12.8 Å². The van der Waals surface area contributed by atoms with Gasteiger partial charge in [-0.05, 0) is 12.8 Å². The Balaban J connectivity index is 4.02. The minimum Gasteiger partial charge on any atom is -0.469 e. The number of methoxy groups -OCH3 is 2. The van der Waals surface area contributed by atoms with Gasteiger partial charge in [0.2, 0.25) is 0 Å². The molecule has 0 spiro atoms. The molecule has 0 fully saturated rings. The minimum atomic E-state index is -0.317. The predicted octanol–water partition coefficient (Wildman–Crippen LogP) is 1.30. The van der Waals surface area contributed by atoms with Crippen LogP contribution in [0.5, 0.6) is 0 Å². The van der Waals surface area contributed by atoms with Crippen molar-refractivity contribution in [3.63, 3.8) is 0 Å². The molecule has 0 radical (unpaired) electrons. The Morgan fingerprint density at radius 1 is 1.36 bits per heavy atom. The third-order valence-electron chi connectivity index (χ3n) is 1.91. The Morgan fingerprint density at radius 2 is 2.00 bits per heavy atom. The zero-order chi connectivity index (χ0) is 11.0. The molecular formula is C10H16O4. The van der Waals surface area contributed by atoms with Gasteiger partial charge in [0.05, 0.1) is 20.1 Å². The van der Waals surface area contributed by atoms with E-state index in [1.165, 1.54) is 14.2 Å². The van der Waals surface area contributed by atoms with Crippen LogP contribution in [-0.2, 0) is 19.1 Å². The Labute approximate surface area is 83.9 Å². The van der Waals surface area contributed by atoms with Crippen molar-refractivity contribution in [1.82, 2.24) is 0 Å². The molecule has 0 N–H and O–H groups in total. The first-order valence-corrected chi connectivity index (χ1v) is 4.41. The van der Waals surface area contributed by atoms with Crippen LogP contribution in [0.2, 0.25) is 0 Å². The van der Waals surface area contributed by atoms with Gasteiger partial charge in [-0.25, -0.2) is 0 Å². The number of hydrogen-bond donors (Lipinski definition) is 0. The van der Waals surface area contributed by atoms with Crippen molar-refractivity contribution in [3.05, 3.63) is 12.7 Å². The molecule has 4 nitrogen and oxygen atoms in total. The summed E-state index contributed by atoms with van der Waals surface area (Å²) in [5.41, 5.74) is 0. The fourth-order valence-corrected chi connectivity index (χ4v) is 1.09. The topological polar surface area (TPSA) is 52.6 Å². The molecule has 0 amide bonds. The molecule has 0 aromatic carbocycles. The number of esters is 2. The highest BCUT2D eigenvalue weighted by Gasteiger charge is 2.18. The molecular weight excluding hydrogens is 184 g/mol. The number of allylic oxidation sites excluding steroid dienone is 1. The lowest BCUT2D eigenvalue weighted by molar-refractivity contribution is -0.146. The molecule has 0 aromatic heterocycles. The highest BCUT2D eigenvalue weighted by molar-refractivity contribution is 5.74. The second-order valence-corrected chi connectivity index (χ2v) is 2.86. The molecule has 0 aromatic rings. The fourth-order valence-electron chi connectivity index (χ4n) is 1.09. The Bertz CT molecular complexity index is 210. The molecule has 4 heteroatoms. The lowest BCUT2D eigenvalue weighted by atomic mass is 10.00. The number of carbonyl (C=O) groups is 2. The van der Waals surface area contributed by atoms with Crippen LogP contribution in [0.15, 0.2) is 12.7 Å². The van der Waals surface area contributed by atoms with Crippen LogP contribution in [-0.4, -0.2) is 26.2 Å². The molecule has 80 valence electrons. The lowest BCUT2D eigenvalue weighted by Crippen LogP contribution is -2.17. The van der Waals surface area contributed by atoms with Crippen LogP contribution in [0.1, 0.15) is 19.3 Å². The van der Waals surface area contributed by atoms with Crippen molar-refractivity contribution in [2.24, 2.45) is 5.92 Å². The molecule has 0 saturated heterocycles. The molecule has 0 aliphatic heterocycles. The van der Waals surface area contributed by atoms with Gasteiger partial charge < -0.3 is 9.47 Å². The summed E-state index contributed by atoms with van der Waals surface area (Å²) in [6, 6.07) is 0. The number of ether oxygens (including phenoxy) is 2. The van der Waals surface area contributed by atoms with Crippen LogP contribution in [0.4, 0.5) is 0 Å². The van der Waals surface area contributed by atoms with Crippen LogP contribution in [0.3, 0.4) is 0 Å². The third-order valence-corrected chi connectivity index (χ3v) is 1.91. The van der Waals surface area contributed by atoms with Crippen molar-refractivity contribution in [2.75, 3.05) is 14.2 Å². The van der Waals surface area contributed by atoms with Gasteiger partial charge in [-0.15, -0.1) is 6.58 Å². The summed E-state index contributed by atoms with van der Waals surface area (Å²) in [5, 5.41) is 0. The third kappa shape index (κ3) is 4.64. The van der Waals surface area contributed by atoms with E-state index in [-0.39, 0.29) is 24.3 Å². The van der Waals surface area contributed by atoms with Gasteiger partial charge in [0.15, 0.2) is 0 Å². The highest BCUT2D eigenvalue weighted by Crippen LogP contribution is 2.13. The summed E-state index contributed by atoms with van der Waals surface area (Å²) in [7, 11) is 2.65. The van der Waals surface area contributed by atoms with E-state index in [1.807, 2.05) is 0 Å². The van der Waals surface area contributed by atoms with Gasteiger partial charge in [-0.2, -0.15) is 0 Å². The van der Waals surface area contributed by atoms with Gasteiger partial charge in [0.25, 0.3) is 0 Å². The summed E-state index contributed by atoms with van der Waals surface area (Å²) in [5.74, 6) is -0.923. The van der Waals surface area contributed by atoms with Gasteiger partial charge >= 0.3 is 11.9 Å². The standard InChI is InChI=1S/C10H16O4/c1-4-5-8(10(12)14-3)6-7-9(11)13-2/h4,8H,1,5-7H2,2-3H3. The predicted molar refractivity (Wildman–Crippen MR) is 51.6 cm³/mol. The SMILES string of the molecule is C=CCC(CCC(=O)OC)C(=O)OC. The zero-order valence-electron chi connectivity index (χ0n) is 8.62. The van der Waals surface area contributed by atoms with Crippen LogP contribution < -0.4 is 0 Å². The Morgan fingerprint density at radius 3 is 2.43 bits per heavy atom. The summed E-state index contributed by atoms with van der Waals surface area (Å²) in [4.78, 5) is 22.0. The number of rotatable bonds is 6. The first kappa shape index (κ1) is 12.7. The van der Waals surface area contributed by atoms with E-state index < -0.39 is 0 Å². The maximum absolute atomic E-state index is 11.2. The normalized spacial score (nSPS) is 11.6. The van der Waals surface area contributed by atoms with E-state index in [9.17, 15) is 9.59 Å². The Hall–Kier alpha value is -1.32. The van der Waals surface area contributed by atoms with Crippen molar-refractivity contribution in [2.45, 2.75) is 19.3 Å². The first-order valence-electron chi connectivity index (χ1n) is 4.41. The molecule has 0 heterocycles. The largest absolute Gasteiger partial charge is 0.469 e. The quantitative estimate of drug-likeness (QED) is 0.479. The fraction of sp³-hybridized carbons (Fsp3) is 0.600. The second-order valence-electron chi connectivity index (χ2n) is 2.86. The monoisotopic (exact) mass is 200 g/mol. The van der Waals surface area contributed by atoms with Gasteiger partial charge in [-0.1, -0.05) is 6.08 Å². The molecule has 0 saturated carbocycles. The van der Waals surface area contributed by atoms with Crippen LogP contribution in [0.25, 0.3) is 0 Å². The Kier molecular flexibility index (Phi) is 6.45. The first-order chi connectivity index (χ1) is 6.65. The van der Waals surface area contributed by atoms with Crippen LogP contribution in [0, 0.1) is 5.92 Å². The lowest BCUT2D eigenvalue weighted by Gasteiger charge is -2.11. The summed E-state index contributed by atoms with van der Waals surface area (Å²) >= 11 is 0. The maximum atomic E-state index is 11.2. The second kappa shape index (κ2) is 7.12. The average Bonchev–Trinajstić information content (AvgIpc) is 2.22. The average molecular weight is 200 g/mol. The van der Waals surface area contributed by atoms with Crippen molar-refractivity contribution in [1.29, 1.82) is 0 Å². The van der Waals surface area contributed by atoms with Crippen molar-refractivity contribution >= 4 is 11.9 Å². The van der Waals surface area contributed by atoms with Gasteiger partial charge in [-0.3, -0.25) is 9.59 Å². The summed E-state index contributed by atoms with van der Waals surface area (Å²) < 4.78 is 9.07. The molecule has 1 atom stereocenters. The number of hydrogen-bond acceptors (Lipinski definition) is 4. The van der Waals surface area contributed by atoms with Gasteiger partial charge in [0.1, 0.15) is 0 Å². The summed E-state index contributed by atoms with van der Waals surface area (Å²) in [6.45, 7) is 3.54. The maximum Gasteiger partial charge on any atom is 0.308 e. The molecule has 0 rings (SSSR count). The van der Waals surface area contributed by atoms with E-state index in [1.54, 1.807) is 6.08 Å². The van der Waals surface area contributed by atoms with Crippen molar-refractivity contribution in [3.8, 4) is 0 Å². The van der Waals surface area contributed by atoms with Gasteiger partial charge in [0, 0.05) is 6.42 Å². The summed E-state index contributed by atoms with van der Waals surface area (Å²) in [6.07, 6.45) is 2.82. The molecule has 0 bridgehead atoms. The van der Waals surface area contributed by atoms with E-state index in [2.05, 4.69) is 16.1 Å². The molecule has 0 aliphatic carbocycles. The van der Waals surface area contributed by atoms with E-state index in [0.717, 1.165) is 0 Å². The van der Waals surface area contributed by atoms with Crippen LogP contribution >= 0.6 is 0 Å². The molecule has 0 aliphatic rings. The highest BCUT2D eigenvalue weighted by atomic mass is 16.5. The zero-order valence-corrected chi connectivity index (χ0v) is 8.62.